The molecule has 128 valence electrons. The van der Waals surface area contributed by atoms with Crippen LogP contribution in [0.2, 0.25) is 0 Å². The minimum atomic E-state index is -0.300. The summed E-state index contributed by atoms with van der Waals surface area (Å²) in [5, 5.41) is 10.0. The Labute approximate surface area is 147 Å². The molecule has 2 amide bonds. The predicted molar refractivity (Wildman–Crippen MR) is 101 cm³/mol. The average Bonchev–Trinajstić information content (AvgIpc) is 2.95. The highest BCUT2D eigenvalue weighted by atomic mass is 16.2. The van der Waals surface area contributed by atoms with Crippen molar-refractivity contribution in [3.8, 4) is 0 Å². The standard InChI is InChI=1S/C20H22N4O/c1-14-10-15(2)12-18(11-14)21-20(25)22-19-8-9-24(23-19)13-17-7-5-4-6-16(17)3/h4-12H,13H2,1-3H3,(H2,21,22,23,25). The monoisotopic (exact) mass is 334 g/mol. The number of anilines is 2. The maximum Gasteiger partial charge on any atom is 0.324 e. The quantitative estimate of drug-likeness (QED) is 0.738. The van der Waals surface area contributed by atoms with Gasteiger partial charge < -0.3 is 5.32 Å². The number of hydrogen-bond acceptors (Lipinski definition) is 2. The third-order valence-corrected chi connectivity index (χ3v) is 3.96. The Hall–Kier alpha value is -3.08. The predicted octanol–water partition coefficient (Wildman–Crippen LogP) is 4.50. The van der Waals surface area contributed by atoms with Crippen LogP contribution in [0.5, 0.6) is 0 Å². The molecule has 2 N–H and O–H groups in total. The number of benzene rings is 2. The Balaban J connectivity index is 1.63. The van der Waals surface area contributed by atoms with E-state index < -0.39 is 0 Å². The summed E-state index contributed by atoms with van der Waals surface area (Å²) in [6.45, 7) is 6.76. The number of urea groups is 1. The molecule has 2 aromatic carbocycles. The van der Waals surface area contributed by atoms with Gasteiger partial charge in [0.1, 0.15) is 0 Å². The lowest BCUT2D eigenvalue weighted by molar-refractivity contribution is 0.262. The normalized spacial score (nSPS) is 10.5. The molecule has 0 radical (unpaired) electrons. The first-order chi connectivity index (χ1) is 12.0. The molecule has 0 spiro atoms. The summed E-state index contributed by atoms with van der Waals surface area (Å²) >= 11 is 0. The number of amides is 2. The van der Waals surface area contributed by atoms with E-state index in [-0.39, 0.29) is 6.03 Å². The zero-order valence-electron chi connectivity index (χ0n) is 14.7. The first-order valence-electron chi connectivity index (χ1n) is 8.24. The van der Waals surface area contributed by atoms with Crippen molar-refractivity contribution in [2.24, 2.45) is 0 Å². The molecule has 3 rings (SSSR count). The van der Waals surface area contributed by atoms with Gasteiger partial charge in [0.15, 0.2) is 5.82 Å². The Morgan fingerprint density at radius 1 is 1.00 bits per heavy atom. The van der Waals surface area contributed by atoms with Crippen LogP contribution in [0, 0.1) is 20.8 Å². The summed E-state index contributed by atoms with van der Waals surface area (Å²) in [5.41, 5.74) is 5.42. The number of rotatable bonds is 4. The molecule has 5 nitrogen and oxygen atoms in total. The van der Waals surface area contributed by atoms with E-state index in [1.54, 1.807) is 6.07 Å². The molecule has 0 atom stereocenters. The third kappa shape index (κ3) is 4.47. The topological polar surface area (TPSA) is 59.0 Å². The SMILES string of the molecule is Cc1cc(C)cc(NC(=O)Nc2ccn(Cc3ccccc3C)n2)c1. The molecule has 25 heavy (non-hydrogen) atoms. The summed E-state index contributed by atoms with van der Waals surface area (Å²) in [6, 6.07) is 15.6. The molecule has 3 aromatic rings. The summed E-state index contributed by atoms with van der Waals surface area (Å²) in [6.07, 6.45) is 1.86. The maximum atomic E-state index is 12.2. The van der Waals surface area contributed by atoms with Crippen LogP contribution in [0.4, 0.5) is 16.3 Å². The smallest absolute Gasteiger partial charge is 0.308 e. The second-order valence-corrected chi connectivity index (χ2v) is 6.28. The van der Waals surface area contributed by atoms with Gasteiger partial charge in [0.05, 0.1) is 6.54 Å². The van der Waals surface area contributed by atoms with Crippen LogP contribution in [-0.2, 0) is 6.54 Å². The van der Waals surface area contributed by atoms with Crippen molar-refractivity contribution >= 4 is 17.5 Å². The zero-order valence-corrected chi connectivity index (χ0v) is 14.7. The number of carbonyl (C=O) groups excluding carboxylic acids is 1. The van der Waals surface area contributed by atoms with Gasteiger partial charge in [0, 0.05) is 18.0 Å². The summed E-state index contributed by atoms with van der Waals surface area (Å²) in [4.78, 5) is 12.2. The fourth-order valence-corrected chi connectivity index (χ4v) is 2.80. The molecule has 5 heteroatoms. The van der Waals surface area contributed by atoms with Crippen molar-refractivity contribution in [1.29, 1.82) is 0 Å². The Kier molecular flexibility index (Phi) is 4.84. The highest BCUT2D eigenvalue weighted by molar-refractivity contribution is 5.99. The Bertz CT molecular complexity index is 878. The first-order valence-corrected chi connectivity index (χ1v) is 8.24. The van der Waals surface area contributed by atoms with E-state index in [0.29, 0.717) is 12.4 Å². The van der Waals surface area contributed by atoms with Gasteiger partial charge in [-0.1, -0.05) is 30.3 Å². The van der Waals surface area contributed by atoms with Gasteiger partial charge in [-0.3, -0.25) is 10.00 Å². The molecule has 0 aliphatic carbocycles. The number of carbonyl (C=O) groups is 1. The fourth-order valence-electron chi connectivity index (χ4n) is 2.80. The lowest BCUT2D eigenvalue weighted by Gasteiger charge is -2.08. The lowest BCUT2D eigenvalue weighted by Crippen LogP contribution is -2.20. The van der Waals surface area contributed by atoms with E-state index in [1.165, 1.54) is 11.1 Å². The Morgan fingerprint density at radius 3 is 2.44 bits per heavy atom. The lowest BCUT2D eigenvalue weighted by atomic mass is 10.1. The van der Waals surface area contributed by atoms with E-state index in [0.717, 1.165) is 16.8 Å². The molecule has 0 unspecified atom stereocenters. The van der Waals surface area contributed by atoms with Gasteiger partial charge in [0.25, 0.3) is 0 Å². The summed E-state index contributed by atoms with van der Waals surface area (Å²) < 4.78 is 1.81. The van der Waals surface area contributed by atoms with E-state index in [1.807, 2.05) is 49.0 Å². The molecule has 1 heterocycles. The second kappa shape index (κ2) is 7.21. The number of nitrogens with one attached hydrogen (secondary N) is 2. The van der Waals surface area contributed by atoms with E-state index in [9.17, 15) is 4.79 Å². The molecule has 0 aliphatic heterocycles. The van der Waals surface area contributed by atoms with Gasteiger partial charge in [0.2, 0.25) is 0 Å². The molecule has 0 saturated heterocycles. The van der Waals surface area contributed by atoms with Crippen LogP contribution in [0.3, 0.4) is 0 Å². The molecule has 1 aromatic heterocycles. The molecular formula is C20H22N4O. The second-order valence-electron chi connectivity index (χ2n) is 6.28. The summed E-state index contributed by atoms with van der Waals surface area (Å²) in [5.74, 6) is 0.524. The maximum absolute atomic E-state index is 12.2. The van der Waals surface area contributed by atoms with Crippen LogP contribution < -0.4 is 10.6 Å². The molecular weight excluding hydrogens is 312 g/mol. The van der Waals surface area contributed by atoms with Crippen LogP contribution >= 0.6 is 0 Å². The third-order valence-electron chi connectivity index (χ3n) is 3.96. The molecule has 0 aliphatic rings. The molecule has 0 saturated carbocycles. The van der Waals surface area contributed by atoms with Crippen LogP contribution in [-0.4, -0.2) is 15.8 Å². The van der Waals surface area contributed by atoms with Crippen molar-refractivity contribution in [2.75, 3.05) is 10.6 Å². The largest absolute Gasteiger partial charge is 0.324 e. The van der Waals surface area contributed by atoms with E-state index >= 15 is 0 Å². The molecule has 0 bridgehead atoms. The molecule has 0 fully saturated rings. The zero-order chi connectivity index (χ0) is 17.8. The van der Waals surface area contributed by atoms with Gasteiger partial charge in [-0.05, 0) is 55.2 Å². The Morgan fingerprint density at radius 2 is 1.72 bits per heavy atom. The first kappa shape index (κ1) is 16.8. The van der Waals surface area contributed by atoms with Crippen molar-refractivity contribution in [3.63, 3.8) is 0 Å². The number of hydrogen-bond donors (Lipinski definition) is 2. The number of aromatic nitrogens is 2. The van der Waals surface area contributed by atoms with Crippen molar-refractivity contribution in [1.82, 2.24) is 9.78 Å². The van der Waals surface area contributed by atoms with E-state index in [2.05, 4.69) is 40.9 Å². The van der Waals surface area contributed by atoms with Crippen molar-refractivity contribution < 1.29 is 4.79 Å². The highest BCUT2D eigenvalue weighted by Crippen LogP contribution is 2.15. The summed E-state index contributed by atoms with van der Waals surface area (Å²) in [7, 11) is 0. The van der Waals surface area contributed by atoms with Crippen molar-refractivity contribution in [3.05, 3.63) is 77.0 Å². The van der Waals surface area contributed by atoms with Gasteiger partial charge >= 0.3 is 6.03 Å². The fraction of sp³-hybridized carbons (Fsp3) is 0.200. The van der Waals surface area contributed by atoms with Gasteiger partial charge in [-0.2, -0.15) is 5.10 Å². The van der Waals surface area contributed by atoms with Crippen LogP contribution in [0.15, 0.2) is 54.7 Å². The van der Waals surface area contributed by atoms with Gasteiger partial charge in [-0.25, -0.2) is 4.79 Å². The van der Waals surface area contributed by atoms with Crippen LogP contribution in [0.1, 0.15) is 22.3 Å². The van der Waals surface area contributed by atoms with Crippen LogP contribution in [0.25, 0.3) is 0 Å². The number of aryl methyl sites for hydroxylation is 3. The van der Waals surface area contributed by atoms with Crippen molar-refractivity contribution in [2.45, 2.75) is 27.3 Å². The minimum absolute atomic E-state index is 0.300. The highest BCUT2D eigenvalue weighted by Gasteiger charge is 2.07. The average molecular weight is 334 g/mol. The number of nitrogens with zero attached hydrogens (tertiary/aromatic N) is 2. The van der Waals surface area contributed by atoms with Gasteiger partial charge in [-0.15, -0.1) is 0 Å². The van der Waals surface area contributed by atoms with E-state index in [4.69, 9.17) is 0 Å². The minimum Gasteiger partial charge on any atom is -0.308 e.